The van der Waals surface area contributed by atoms with E-state index in [1.165, 1.54) is 18.3 Å². The van der Waals surface area contributed by atoms with Gasteiger partial charge in [-0.1, -0.05) is 30.3 Å². The topological polar surface area (TPSA) is 90.1 Å². The van der Waals surface area contributed by atoms with E-state index in [1.807, 2.05) is 0 Å². The first-order valence-corrected chi connectivity index (χ1v) is 10.5. The summed E-state index contributed by atoms with van der Waals surface area (Å²) in [6.45, 7) is 9.24. The molecule has 0 aliphatic rings. The van der Waals surface area contributed by atoms with Crippen LogP contribution in [-0.2, 0) is 12.1 Å². The Morgan fingerprint density at radius 2 is 1.85 bits per heavy atom. The number of carbonyl (C=O) groups is 1. The zero-order valence-electron chi connectivity index (χ0n) is 19.1. The molecule has 3 aromatic rings. The zero-order chi connectivity index (χ0) is 25.3. The van der Waals surface area contributed by atoms with E-state index in [9.17, 15) is 23.1 Å². The summed E-state index contributed by atoms with van der Waals surface area (Å²) in [5.41, 5.74) is -4.03. The van der Waals surface area contributed by atoms with Gasteiger partial charge in [0.1, 0.15) is 0 Å². The normalized spacial score (nSPS) is 13.9. The second-order valence-electron chi connectivity index (χ2n) is 8.98. The van der Waals surface area contributed by atoms with Crippen molar-refractivity contribution in [2.24, 2.45) is 0 Å². The number of halogens is 3. The molecule has 1 atom stereocenters. The number of hydrogen-bond donors (Lipinski definition) is 4. The van der Waals surface area contributed by atoms with Crippen LogP contribution in [0, 0.1) is 5.41 Å². The molecule has 1 aromatic heterocycles. The van der Waals surface area contributed by atoms with Crippen molar-refractivity contribution in [1.29, 1.82) is 5.41 Å². The number of rotatable bonds is 6. The fourth-order valence-corrected chi connectivity index (χ4v) is 3.81. The number of carbonyl (C=O) groups excluding carboxylic acids is 1. The van der Waals surface area contributed by atoms with Gasteiger partial charge in [0.15, 0.2) is 0 Å². The van der Waals surface area contributed by atoms with Crippen LogP contribution < -0.4 is 10.6 Å². The van der Waals surface area contributed by atoms with Crippen LogP contribution >= 0.6 is 0 Å². The Bertz CT molecular complexity index is 1240. The molecule has 0 saturated heterocycles. The first kappa shape index (κ1) is 25.0. The second-order valence-corrected chi connectivity index (χ2v) is 8.98. The molecule has 1 unspecified atom stereocenters. The summed E-state index contributed by atoms with van der Waals surface area (Å²) in [5.74, 6) is 0. The van der Waals surface area contributed by atoms with E-state index >= 15 is 0 Å². The summed E-state index contributed by atoms with van der Waals surface area (Å²) < 4.78 is 45.1. The van der Waals surface area contributed by atoms with Gasteiger partial charge in [0, 0.05) is 46.5 Å². The third-order valence-electron chi connectivity index (χ3n) is 5.28. The van der Waals surface area contributed by atoms with Crippen LogP contribution in [0.2, 0.25) is 0 Å². The minimum absolute atomic E-state index is 0.0130. The highest BCUT2D eigenvalue weighted by atomic mass is 19.4. The molecule has 180 valence electrons. The number of amides is 2. The molecule has 0 aliphatic heterocycles. The minimum Gasteiger partial charge on any atom is -0.372 e. The Morgan fingerprint density at radius 1 is 1.18 bits per heavy atom. The molecule has 0 saturated carbocycles. The van der Waals surface area contributed by atoms with Gasteiger partial charge >= 0.3 is 12.2 Å². The SMILES string of the molecule is C=CCn1cc(C(O)(c2ccc(NC(=O)NC(C)(C)C)c(C=N)c2)C(F)(F)F)c2ccccc21. The third-order valence-corrected chi connectivity index (χ3v) is 5.28. The van der Waals surface area contributed by atoms with E-state index in [0.29, 0.717) is 5.52 Å². The number of fused-ring (bicyclic) bond motifs is 1. The van der Waals surface area contributed by atoms with Gasteiger partial charge in [0.2, 0.25) is 5.60 Å². The lowest BCUT2D eigenvalue weighted by molar-refractivity contribution is -0.247. The molecule has 1 heterocycles. The molecule has 0 radical (unpaired) electrons. The van der Waals surface area contributed by atoms with Crippen molar-refractivity contribution in [3.05, 3.63) is 78.0 Å². The van der Waals surface area contributed by atoms with Crippen LogP contribution in [0.1, 0.15) is 37.5 Å². The van der Waals surface area contributed by atoms with Crippen LogP contribution in [0.4, 0.5) is 23.7 Å². The average molecular weight is 473 g/mol. The predicted octanol–water partition coefficient (Wildman–Crippen LogP) is 5.54. The smallest absolute Gasteiger partial charge is 0.372 e. The van der Waals surface area contributed by atoms with E-state index in [1.54, 1.807) is 49.6 Å². The molecule has 34 heavy (non-hydrogen) atoms. The van der Waals surface area contributed by atoms with Gasteiger partial charge in [-0.2, -0.15) is 13.2 Å². The second kappa shape index (κ2) is 8.98. The van der Waals surface area contributed by atoms with Crippen molar-refractivity contribution in [3.63, 3.8) is 0 Å². The lowest BCUT2D eigenvalue weighted by Crippen LogP contribution is -2.44. The maximum atomic E-state index is 14.5. The third kappa shape index (κ3) is 4.70. The summed E-state index contributed by atoms with van der Waals surface area (Å²) in [4.78, 5) is 12.2. The highest BCUT2D eigenvalue weighted by Gasteiger charge is 2.57. The molecule has 0 spiro atoms. The number of anilines is 1. The van der Waals surface area contributed by atoms with E-state index in [-0.39, 0.29) is 28.7 Å². The van der Waals surface area contributed by atoms with Crippen LogP contribution in [0.5, 0.6) is 0 Å². The number of aromatic nitrogens is 1. The number of allylic oxidation sites excluding steroid dienone is 1. The van der Waals surface area contributed by atoms with Gasteiger partial charge in [-0.25, -0.2) is 4.79 Å². The predicted molar refractivity (Wildman–Crippen MR) is 127 cm³/mol. The van der Waals surface area contributed by atoms with Gasteiger partial charge in [-0.3, -0.25) is 0 Å². The van der Waals surface area contributed by atoms with Crippen molar-refractivity contribution in [2.45, 2.75) is 44.6 Å². The number of nitrogens with one attached hydrogen (secondary N) is 3. The summed E-state index contributed by atoms with van der Waals surface area (Å²) in [6, 6.07) is 9.34. The quantitative estimate of drug-likeness (QED) is 0.280. The number of nitrogens with zero attached hydrogens (tertiary/aromatic N) is 1. The number of hydrogen-bond acceptors (Lipinski definition) is 3. The van der Waals surface area contributed by atoms with Gasteiger partial charge in [-0.15, -0.1) is 6.58 Å². The Morgan fingerprint density at radius 3 is 2.44 bits per heavy atom. The summed E-state index contributed by atoms with van der Waals surface area (Å²) in [6.07, 6.45) is -1.42. The molecular formula is C25H27F3N4O2. The fraction of sp³-hybridized carbons (Fsp3) is 0.280. The molecule has 0 bridgehead atoms. The lowest BCUT2D eigenvalue weighted by Gasteiger charge is -2.31. The summed E-state index contributed by atoms with van der Waals surface area (Å²) >= 11 is 0. The molecule has 3 rings (SSSR count). The van der Waals surface area contributed by atoms with Crippen molar-refractivity contribution in [3.8, 4) is 0 Å². The summed E-state index contributed by atoms with van der Waals surface area (Å²) in [7, 11) is 0. The summed E-state index contributed by atoms with van der Waals surface area (Å²) in [5, 5.41) is 24.4. The maximum Gasteiger partial charge on any atom is 0.425 e. The van der Waals surface area contributed by atoms with E-state index in [2.05, 4.69) is 17.2 Å². The van der Waals surface area contributed by atoms with E-state index in [0.717, 1.165) is 18.3 Å². The molecule has 2 aromatic carbocycles. The first-order chi connectivity index (χ1) is 15.8. The number of urea groups is 1. The number of para-hydroxylation sites is 1. The molecule has 9 heteroatoms. The van der Waals surface area contributed by atoms with Crippen LogP contribution in [0.25, 0.3) is 10.9 Å². The average Bonchev–Trinajstić information content (AvgIpc) is 3.10. The van der Waals surface area contributed by atoms with Crippen molar-refractivity contribution in [2.75, 3.05) is 5.32 Å². The highest BCUT2D eigenvalue weighted by Crippen LogP contribution is 2.47. The fourth-order valence-electron chi connectivity index (χ4n) is 3.81. The Balaban J connectivity index is 2.16. The molecule has 0 aliphatic carbocycles. The van der Waals surface area contributed by atoms with Gasteiger partial charge in [-0.05, 0) is 44.5 Å². The lowest BCUT2D eigenvalue weighted by atomic mass is 9.84. The molecular weight excluding hydrogens is 445 g/mol. The number of benzene rings is 2. The highest BCUT2D eigenvalue weighted by molar-refractivity contribution is 5.96. The van der Waals surface area contributed by atoms with E-state index in [4.69, 9.17) is 5.41 Å². The van der Waals surface area contributed by atoms with Crippen LogP contribution in [-0.4, -0.2) is 33.6 Å². The Labute approximate surface area is 195 Å². The zero-order valence-corrected chi connectivity index (χ0v) is 19.1. The van der Waals surface area contributed by atoms with Gasteiger partial charge < -0.3 is 25.7 Å². The molecule has 0 fully saturated rings. The Hall–Kier alpha value is -3.59. The van der Waals surface area contributed by atoms with Crippen molar-refractivity contribution < 1.29 is 23.1 Å². The van der Waals surface area contributed by atoms with E-state index < -0.39 is 28.9 Å². The van der Waals surface area contributed by atoms with Crippen molar-refractivity contribution in [1.82, 2.24) is 9.88 Å². The standard InChI is InChI=1S/C25H27F3N4O2/c1-5-12-32-15-19(18-8-6-7-9-21(18)32)24(34,25(26,27)28)17-10-11-20(16(13-17)14-29)30-22(33)31-23(2,3)4/h5-11,13-15,29,34H,1,12H2,2-4H3,(H2,30,31,33). The largest absolute Gasteiger partial charge is 0.425 e. The number of alkyl halides is 3. The van der Waals surface area contributed by atoms with Gasteiger partial charge in [0.05, 0.1) is 5.69 Å². The monoisotopic (exact) mass is 472 g/mol. The number of aliphatic hydroxyl groups is 1. The maximum absolute atomic E-state index is 14.5. The van der Waals surface area contributed by atoms with Crippen molar-refractivity contribution >= 4 is 28.8 Å². The first-order valence-electron chi connectivity index (χ1n) is 10.5. The molecule has 6 nitrogen and oxygen atoms in total. The van der Waals surface area contributed by atoms with Crippen LogP contribution in [0.15, 0.2) is 61.3 Å². The Kier molecular flexibility index (Phi) is 6.61. The molecule has 2 amide bonds. The van der Waals surface area contributed by atoms with Crippen LogP contribution in [0.3, 0.4) is 0 Å². The minimum atomic E-state index is -5.08. The molecule has 4 N–H and O–H groups in total. The van der Waals surface area contributed by atoms with Gasteiger partial charge in [0.25, 0.3) is 0 Å².